The highest BCUT2D eigenvalue weighted by molar-refractivity contribution is 5.89. The standard InChI is InChI=1S/C16H18O5/c1-16(2)19-10-13-14(21-16)12(8-9-18-13)20-15(17)11-6-4-3-5-7-11/h3-9,12-14H,10H2,1-2H3. The molecule has 1 saturated heterocycles. The zero-order valence-corrected chi connectivity index (χ0v) is 12.0. The summed E-state index contributed by atoms with van der Waals surface area (Å²) in [5, 5.41) is 0. The highest BCUT2D eigenvalue weighted by atomic mass is 16.7. The molecule has 0 aromatic heterocycles. The molecule has 3 atom stereocenters. The molecule has 21 heavy (non-hydrogen) atoms. The van der Waals surface area contributed by atoms with Gasteiger partial charge in [0.1, 0.15) is 6.10 Å². The van der Waals surface area contributed by atoms with Crippen molar-refractivity contribution in [2.24, 2.45) is 0 Å². The maximum atomic E-state index is 12.2. The molecule has 5 nitrogen and oxygen atoms in total. The fourth-order valence-corrected chi connectivity index (χ4v) is 2.42. The summed E-state index contributed by atoms with van der Waals surface area (Å²) >= 11 is 0. The van der Waals surface area contributed by atoms with Crippen molar-refractivity contribution in [3.8, 4) is 0 Å². The van der Waals surface area contributed by atoms with E-state index in [1.165, 1.54) is 6.26 Å². The molecule has 112 valence electrons. The van der Waals surface area contributed by atoms with E-state index in [4.69, 9.17) is 18.9 Å². The van der Waals surface area contributed by atoms with Gasteiger partial charge in [-0.3, -0.25) is 0 Å². The van der Waals surface area contributed by atoms with Crippen molar-refractivity contribution in [1.82, 2.24) is 0 Å². The van der Waals surface area contributed by atoms with Gasteiger partial charge >= 0.3 is 5.97 Å². The van der Waals surface area contributed by atoms with E-state index in [1.54, 1.807) is 30.3 Å². The number of fused-ring (bicyclic) bond motifs is 1. The summed E-state index contributed by atoms with van der Waals surface area (Å²) in [4.78, 5) is 12.2. The fourth-order valence-electron chi connectivity index (χ4n) is 2.42. The molecule has 0 amide bonds. The lowest BCUT2D eigenvalue weighted by Crippen LogP contribution is -2.55. The summed E-state index contributed by atoms with van der Waals surface area (Å²) < 4.78 is 22.4. The second kappa shape index (κ2) is 5.50. The van der Waals surface area contributed by atoms with Crippen LogP contribution in [0.4, 0.5) is 0 Å². The lowest BCUT2D eigenvalue weighted by atomic mass is 10.0. The molecule has 2 aliphatic heterocycles. The van der Waals surface area contributed by atoms with E-state index < -0.39 is 11.9 Å². The maximum Gasteiger partial charge on any atom is 0.338 e. The third kappa shape index (κ3) is 3.09. The van der Waals surface area contributed by atoms with Crippen LogP contribution >= 0.6 is 0 Å². The summed E-state index contributed by atoms with van der Waals surface area (Å²) in [5.41, 5.74) is 0.514. The fraction of sp³-hybridized carbons (Fsp3) is 0.438. The molecule has 0 saturated carbocycles. The smallest absolute Gasteiger partial charge is 0.338 e. The predicted octanol–water partition coefficient (Wildman–Crippen LogP) is 2.28. The monoisotopic (exact) mass is 290 g/mol. The minimum Gasteiger partial charge on any atom is -0.493 e. The van der Waals surface area contributed by atoms with Crippen molar-refractivity contribution < 1.29 is 23.7 Å². The number of esters is 1. The van der Waals surface area contributed by atoms with Crippen molar-refractivity contribution in [1.29, 1.82) is 0 Å². The van der Waals surface area contributed by atoms with Gasteiger partial charge in [-0.1, -0.05) is 18.2 Å². The molecule has 1 fully saturated rings. The Labute approximate surface area is 123 Å². The molecular weight excluding hydrogens is 272 g/mol. The molecule has 2 aliphatic rings. The molecule has 1 aromatic rings. The van der Waals surface area contributed by atoms with Crippen LogP contribution in [-0.4, -0.2) is 36.7 Å². The predicted molar refractivity (Wildman–Crippen MR) is 74.6 cm³/mol. The van der Waals surface area contributed by atoms with Gasteiger partial charge in [-0.25, -0.2) is 4.79 Å². The Hall–Kier alpha value is -1.85. The van der Waals surface area contributed by atoms with Crippen LogP contribution in [0.1, 0.15) is 24.2 Å². The molecule has 3 rings (SSSR count). The SMILES string of the molecule is CC1(C)OCC2OC=CC(OC(=O)c3ccccc3)C2O1. The molecule has 0 aliphatic carbocycles. The van der Waals surface area contributed by atoms with Crippen LogP contribution in [0.25, 0.3) is 0 Å². The van der Waals surface area contributed by atoms with E-state index in [0.29, 0.717) is 12.2 Å². The Kier molecular flexibility index (Phi) is 3.69. The quantitative estimate of drug-likeness (QED) is 0.782. The average Bonchev–Trinajstić information content (AvgIpc) is 2.48. The molecular formula is C16H18O5. The van der Waals surface area contributed by atoms with E-state index in [0.717, 1.165) is 0 Å². The molecule has 3 unspecified atom stereocenters. The van der Waals surface area contributed by atoms with Crippen LogP contribution < -0.4 is 0 Å². The van der Waals surface area contributed by atoms with Gasteiger partial charge in [0, 0.05) is 0 Å². The number of hydrogen-bond acceptors (Lipinski definition) is 5. The number of rotatable bonds is 2. The first-order valence-corrected chi connectivity index (χ1v) is 6.95. The minimum atomic E-state index is -0.715. The largest absolute Gasteiger partial charge is 0.493 e. The van der Waals surface area contributed by atoms with Crippen LogP contribution in [0.3, 0.4) is 0 Å². The minimum absolute atomic E-state index is 0.267. The molecule has 0 radical (unpaired) electrons. The first-order valence-electron chi connectivity index (χ1n) is 6.95. The lowest BCUT2D eigenvalue weighted by molar-refractivity contribution is -0.318. The topological polar surface area (TPSA) is 54.0 Å². The number of benzene rings is 1. The van der Waals surface area contributed by atoms with Crippen molar-refractivity contribution in [2.45, 2.75) is 37.9 Å². The second-order valence-corrected chi connectivity index (χ2v) is 5.53. The average molecular weight is 290 g/mol. The van der Waals surface area contributed by atoms with Crippen LogP contribution in [-0.2, 0) is 18.9 Å². The molecule has 1 aromatic carbocycles. The Bertz CT molecular complexity index is 537. The van der Waals surface area contributed by atoms with Crippen molar-refractivity contribution in [3.05, 3.63) is 48.2 Å². The number of carbonyl (C=O) groups is 1. The molecule has 5 heteroatoms. The van der Waals surface area contributed by atoms with Gasteiger partial charge < -0.3 is 18.9 Å². The Balaban J connectivity index is 1.73. The highest BCUT2D eigenvalue weighted by Crippen LogP contribution is 2.30. The lowest BCUT2D eigenvalue weighted by Gasteiger charge is -2.43. The van der Waals surface area contributed by atoms with Gasteiger partial charge in [0.15, 0.2) is 18.0 Å². The summed E-state index contributed by atoms with van der Waals surface area (Å²) in [7, 11) is 0. The Morgan fingerprint density at radius 2 is 2.05 bits per heavy atom. The summed E-state index contributed by atoms with van der Waals surface area (Å²) in [6.45, 7) is 4.07. The Morgan fingerprint density at radius 1 is 1.29 bits per heavy atom. The Morgan fingerprint density at radius 3 is 2.81 bits per heavy atom. The number of ether oxygens (including phenoxy) is 4. The van der Waals surface area contributed by atoms with Crippen LogP contribution in [0.2, 0.25) is 0 Å². The van der Waals surface area contributed by atoms with Crippen molar-refractivity contribution in [2.75, 3.05) is 6.61 Å². The first-order chi connectivity index (χ1) is 10.1. The van der Waals surface area contributed by atoms with E-state index in [9.17, 15) is 4.79 Å². The van der Waals surface area contributed by atoms with Crippen LogP contribution in [0.15, 0.2) is 42.7 Å². The van der Waals surface area contributed by atoms with Gasteiger partial charge in [0.2, 0.25) is 0 Å². The summed E-state index contributed by atoms with van der Waals surface area (Å²) in [6.07, 6.45) is 2.11. The molecule has 0 N–H and O–H groups in total. The normalized spacial score (nSPS) is 30.1. The molecule has 0 spiro atoms. The van der Waals surface area contributed by atoms with Crippen LogP contribution in [0.5, 0.6) is 0 Å². The maximum absolute atomic E-state index is 12.2. The zero-order valence-electron chi connectivity index (χ0n) is 12.0. The number of hydrogen-bond donors (Lipinski definition) is 0. The van der Waals surface area contributed by atoms with Gasteiger partial charge in [0.25, 0.3) is 0 Å². The van der Waals surface area contributed by atoms with E-state index >= 15 is 0 Å². The molecule has 2 heterocycles. The van der Waals surface area contributed by atoms with Gasteiger partial charge in [0.05, 0.1) is 18.4 Å². The van der Waals surface area contributed by atoms with Gasteiger partial charge in [-0.2, -0.15) is 0 Å². The second-order valence-electron chi connectivity index (χ2n) is 5.53. The van der Waals surface area contributed by atoms with Gasteiger partial charge in [-0.05, 0) is 32.1 Å². The third-order valence-corrected chi connectivity index (χ3v) is 3.48. The molecule has 0 bridgehead atoms. The number of carbonyl (C=O) groups excluding carboxylic acids is 1. The summed E-state index contributed by atoms with van der Waals surface area (Å²) in [6, 6.07) is 8.89. The van der Waals surface area contributed by atoms with E-state index in [-0.39, 0.29) is 18.2 Å². The first kappa shape index (κ1) is 14.1. The van der Waals surface area contributed by atoms with E-state index in [1.807, 2.05) is 19.9 Å². The summed E-state index contributed by atoms with van der Waals surface area (Å²) in [5.74, 6) is -1.09. The van der Waals surface area contributed by atoms with Crippen molar-refractivity contribution >= 4 is 5.97 Å². The van der Waals surface area contributed by atoms with Crippen LogP contribution in [0, 0.1) is 0 Å². The third-order valence-electron chi connectivity index (χ3n) is 3.48. The highest BCUT2D eigenvalue weighted by Gasteiger charge is 2.44. The zero-order chi connectivity index (χ0) is 14.9. The van der Waals surface area contributed by atoms with E-state index in [2.05, 4.69) is 0 Å². The van der Waals surface area contributed by atoms with Gasteiger partial charge in [-0.15, -0.1) is 0 Å². The van der Waals surface area contributed by atoms with Crippen molar-refractivity contribution in [3.63, 3.8) is 0 Å².